The van der Waals surface area contributed by atoms with E-state index in [0.29, 0.717) is 18.5 Å². The molecule has 5 heteroatoms. The zero-order valence-corrected chi connectivity index (χ0v) is 12.4. The molecule has 0 aliphatic carbocycles. The van der Waals surface area contributed by atoms with Gasteiger partial charge in [-0.25, -0.2) is 13.8 Å². The molecule has 0 radical (unpaired) electrons. The number of halogens is 2. The first-order valence-electron chi connectivity index (χ1n) is 7.34. The summed E-state index contributed by atoms with van der Waals surface area (Å²) in [6, 6.07) is 3.28. The molecule has 1 unspecified atom stereocenters. The number of aryl methyl sites for hydroxylation is 1. The van der Waals surface area contributed by atoms with Crippen LogP contribution in [0.1, 0.15) is 37.7 Å². The largest absolute Gasteiger partial charge is 0.335 e. The Morgan fingerprint density at radius 1 is 1.29 bits per heavy atom. The van der Waals surface area contributed by atoms with Crippen molar-refractivity contribution in [3.05, 3.63) is 53.6 Å². The molecule has 1 aromatic carbocycles. The molecule has 21 heavy (non-hydrogen) atoms. The number of hydrogen-bond acceptors (Lipinski definition) is 2. The highest BCUT2D eigenvalue weighted by Crippen LogP contribution is 2.22. The fourth-order valence-corrected chi connectivity index (χ4v) is 2.48. The summed E-state index contributed by atoms with van der Waals surface area (Å²) in [6.45, 7) is 5.59. The van der Waals surface area contributed by atoms with Crippen LogP contribution in [0.4, 0.5) is 8.78 Å². The number of rotatable bonds is 7. The van der Waals surface area contributed by atoms with Crippen molar-refractivity contribution < 1.29 is 8.78 Å². The van der Waals surface area contributed by atoms with Gasteiger partial charge in [-0.15, -0.1) is 0 Å². The van der Waals surface area contributed by atoms with E-state index in [2.05, 4.69) is 21.8 Å². The SMILES string of the molecule is CCCn1ccnc1CC(NCC)c1cc(F)ccc1F. The van der Waals surface area contributed by atoms with Gasteiger partial charge in [0.05, 0.1) is 0 Å². The Morgan fingerprint density at radius 2 is 2.10 bits per heavy atom. The van der Waals surface area contributed by atoms with Gasteiger partial charge in [0, 0.05) is 37.0 Å². The fourth-order valence-electron chi connectivity index (χ4n) is 2.48. The number of aromatic nitrogens is 2. The minimum atomic E-state index is -0.425. The van der Waals surface area contributed by atoms with E-state index in [9.17, 15) is 8.78 Å². The molecule has 1 N–H and O–H groups in total. The normalized spacial score (nSPS) is 12.6. The minimum absolute atomic E-state index is 0.288. The van der Waals surface area contributed by atoms with Crippen LogP contribution in [0.3, 0.4) is 0 Å². The van der Waals surface area contributed by atoms with Crippen molar-refractivity contribution in [3.8, 4) is 0 Å². The third kappa shape index (κ3) is 3.88. The van der Waals surface area contributed by atoms with Crippen LogP contribution in [-0.4, -0.2) is 16.1 Å². The minimum Gasteiger partial charge on any atom is -0.335 e. The molecular weight excluding hydrogens is 272 g/mol. The first-order chi connectivity index (χ1) is 10.2. The van der Waals surface area contributed by atoms with Crippen LogP contribution in [0.5, 0.6) is 0 Å². The van der Waals surface area contributed by atoms with E-state index in [1.807, 2.05) is 13.1 Å². The van der Waals surface area contributed by atoms with E-state index in [1.165, 1.54) is 12.1 Å². The monoisotopic (exact) mass is 293 g/mol. The van der Waals surface area contributed by atoms with E-state index < -0.39 is 11.6 Å². The number of nitrogens with zero attached hydrogens (tertiary/aromatic N) is 2. The number of imidazole rings is 1. The van der Waals surface area contributed by atoms with Crippen LogP contribution in [0.2, 0.25) is 0 Å². The smallest absolute Gasteiger partial charge is 0.128 e. The number of hydrogen-bond donors (Lipinski definition) is 1. The fraction of sp³-hybridized carbons (Fsp3) is 0.438. The van der Waals surface area contributed by atoms with Crippen molar-refractivity contribution in [2.75, 3.05) is 6.54 Å². The molecule has 0 saturated carbocycles. The second kappa shape index (κ2) is 7.31. The van der Waals surface area contributed by atoms with Crippen LogP contribution in [0.25, 0.3) is 0 Å². The van der Waals surface area contributed by atoms with Crippen molar-refractivity contribution in [2.24, 2.45) is 0 Å². The molecule has 0 spiro atoms. The predicted octanol–water partition coefficient (Wildman–Crippen LogP) is 3.46. The molecule has 3 nitrogen and oxygen atoms in total. The highest BCUT2D eigenvalue weighted by Gasteiger charge is 2.18. The lowest BCUT2D eigenvalue weighted by atomic mass is 10.0. The molecule has 2 rings (SSSR count). The second-order valence-electron chi connectivity index (χ2n) is 5.02. The van der Waals surface area contributed by atoms with Crippen LogP contribution in [-0.2, 0) is 13.0 Å². The standard InChI is InChI=1S/C16H21F2N3/c1-3-8-21-9-7-20-16(21)11-15(19-4-2)13-10-12(17)5-6-14(13)18/h5-7,9-10,15,19H,3-4,8,11H2,1-2H3. The molecule has 2 aromatic rings. The van der Waals surface area contributed by atoms with Gasteiger partial charge in [0.15, 0.2) is 0 Å². The van der Waals surface area contributed by atoms with E-state index in [4.69, 9.17) is 0 Å². The summed E-state index contributed by atoms with van der Waals surface area (Å²) in [5.74, 6) is 0.0635. The van der Waals surface area contributed by atoms with Gasteiger partial charge in [0.2, 0.25) is 0 Å². The molecular formula is C16H21F2N3. The summed E-state index contributed by atoms with van der Waals surface area (Å²) in [5.41, 5.74) is 0.350. The van der Waals surface area contributed by atoms with Gasteiger partial charge < -0.3 is 9.88 Å². The van der Waals surface area contributed by atoms with Crippen molar-refractivity contribution in [1.82, 2.24) is 14.9 Å². The van der Waals surface area contributed by atoms with E-state index in [0.717, 1.165) is 24.9 Å². The summed E-state index contributed by atoms with van der Waals surface area (Å²) < 4.78 is 29.5. The van der Waals surface area contributed by atoms with Crippen molar-refractivity contribution in [3.63, 3.8) is 0 Å². The van der Waals surface area contributed by atoms with Crippen molar-refractivity contribution in [1.29, 1.82) is 0 Å². The Kier molecular flexibility index (Phi) is 5.44. The Morgan fingerprint density at radius 3 is 2.81 bits per heavy atom. The Labute approximate surface area is 124 Å². The van der Waals surface area contributed by atoms with E-state index >= 15 is 0 Å². The lowest BCUT2D eigenvalue weighted by Gasteiger charge is -2.19. The first kappa shape index (κ1) is 15.6. The molecule has 0 aliphatic heterocycles. The molecule has 114 valence electrons. The van der Waals surface area contributed by atoms with Gasteiger partial charge in [-0.3, -0.25) is 0 Å². The average Bonchev–Trinajstić information content (AvgIpc) is 2.89. The van der Waals surface area contributed by atoms with Crippen LogP contribution < -0.4 is 5.32 Å². The van der Waals surface area contributed by atoms with E-state index in [-0.39, 0.29) is 6.04 Å². The van der Waals surface area contributed by atoms with Gasteiger partial charge in [0.25, 0.3) is 0 Å². The zero-order valence-electron chi connectivity index (χ0n) is 12.4. The van der Waals surface area contributed by atoms with Crippen LogP contribution in [0.15, 0.2) is 30.6 Å². The molecule has 0 bridgehead atoms. The second-order valence-corrected chi connectivity index (χ2v) is 5.02. The number of nitrogens with one attached hydrogen (secondary N) is 1. The Balaban J connectivity index is 2.26. The molecule has 0 amide bonds. The third-order valence-corrected chi connectivity index (χ3v) is 3.44. The molecule has 0 saturated heterocycles. The average molecular weight is 293 g/mol. The maximum Gasteiger partial charge on any atom is 0.128 e. The molecule has 0 fully saturated rings. The van der Waals surface area contributed by atoms with E-state index in [1.54, 1.807) is 6.20 Å². The van der Waals surface area contributed by atoms with Crippen molar-refractivity contribution >= 4 is 0 Å². The summed E-state index contributed by atoms with van der Waals surface area (Å²) in [6.07, 6.45) is 5.20. The molecule has 1 heterocycles. The third-order valence-electron chi connectivity index (χ3n) is 3.44. The van der Waals surface area contributed by atoms with Gasteiger partial charge in [-0.1, -0.05) is 13.8 Å². The first-order valence-corrected chi connectivity index (χ1v) is 7.34. The van der Waals surface area contributed by atoms with Crippen LogP contribution >= 0.6 is 0 Å². The topological polar surface area (TPSA) is 29.9 Å². The predicted molar refractivity (Wildman–Crippen MR) is 79.0 cm³/mol. The summed E-state index contributed by atoms with van der Waals surface area (Å²) in [7, 11) is 0. The Hall–Kier alpha value is -1.75. The molecule has 0 aliphatic rings. The Bertz CT molecular complexity index is 581. The zero-order chi connectivity index (χ0) is 15.2. The van der Waals surface area contributed by atoms with Gasteiger partial charge in [0.1, 0.15) is 17.5 Å². The summed E-state index contributed by atoms with van der Waals surface area (Å²) in [5, 5.41) is 3.21. The maximum atomic E-state index is 14.0. The highest BCUT2D eigenvalue weighted by atomic mass is 19.1. The van der Waals surface area contributed by atoms with Crippen LogP contribution in [0, 0.1) is 11.6 Å². The quantitative estimate of drug-likeness (QED) is 0.847. The molecule has 1 atom stereocenters. The number of benzene rings is 1. The maximum absolute atomic E-state index is 14.0. The lowest BCUT2D eigenvalue weighted by Crippen LogP contribution is -2.25. The lowest BCUT2D eigenvalue weighted by molar-refractivity contribution is 0.483. The van der Waals surface area contributed by atoms with Gasteiger partial charge in [-0.2, -0.15) is 0 Å². The summed E-state index contributed by atoms with van der Waals surface area (Å²) >= 11 is 0. The summed E-state index contributed by atoms with van der Waals surface area (Å²) in [4.78, 5) is 4.34. The van der Waals surface area contributed by atoms with Gasteiger partial charge >= 0.3 is 0 Å². The van der Waals surface area contributed by atoms with Gasteiger partial charge in [-0.05, 0) is 31.2 Å². The number of likely N-dealkylation sites (N-methyl/N-ethyl adjacent to an activating group) is 1. The van der Waals surface area contributed by atoms with Crippen molar-refractivity contribution in [2.45, 2.75) is 39.3 Å². The molecule has 1 aromatic heterocycles. The highest BCUT2D eigenvalue weighted by molar-refractivity contribution is 5.23.